The fraction of sp³-hybridized carbons (Fsp3) is 0.500. The zero-order valence-corrected chi connectivity index (χ0v) is 19.6. The van der Waals surface area contributed by atoms with Gasteiger partial charge in [-0.1, -0.05) is 26.0 Å². The molecule has 3 heterocycles. The van der Waals surface area contributed by atoms with Crippen molar-refractivity contribution in [1.82, 2.24) is 19.6 Å². The van der Waals surface area contributed by atoms with Crippen molar-refractivity contribution in [2.45, 2.75) is 65.0 Å². The Bertz CT molecular complexity index is 1090. The molecule has 3 N–H and O–H groups in total. The van der Waals surface area contributed by atoms with Gasteiger partial charge in [-0.25, -0.2) is 0 Å². The highest BCUT2D eigenvalue weighted by atomic mass is 16.3. The molecule has 1 fully saturated rings. The lowest BCUT2D eigenvalue weighted by Crippen LogP contribution is -2.41. The average Bonchev–Trinajstić information content (AvgIpc) is 3.23. The summed E-state index contributed by atoms with van der Waals surface area (Å²) >= 11 is 0. The summed E-state index contributed by atoms with van der Waals surface area (Å²) < 4.78 is 1.77. The SMILES string of the molecule is CC(=O)Nc1ccc(CNc2nc(N3CCCC[C@H]3CCO)nc3c(C(C)C)cnn23)cc1. The molecule has 1 aromatic carbocycles. The number of anilines is 3. The van der Waals surface area contributed by atoms with Gasteiger partial charge in [0, 0.05) is 43.9 Å². The predicted octanol–water partition coefficient (Wildman–Crippen LogP) is 3.56. The summed E-state index contributed by atoms with van der Waals surface area (Å²) in [7, 11) is 0. The zero-order valence-electron chi connectivity index (χ0n) is 19.6. The Morgan fingerprint density at radius 1 is 1.21 bits per heavy atom. The molecule has 0 aliphatic carbocycles. The lowest BCUT2D eigenvalue weighted by Gasteiger charge is -2.35. The monoisotopic (exact) mass is 451 g/mol. The molecule has 2 aromatic heterocycles. The standard InChI is InChI=1S/C24H33N7O2/c1-16(2)21-15-26-31-22(21)28-24(30-12-5-4-6-20(30)11-13-32)29-23(31)25-14-18-7-9-19(10-8-18)27-17(3)33/h7-10,15-16,20,32H,4-6,11-14H2,1-3H3,(H,27,33)(H,25,28,29)/t20-/m0/s1. The molecule has 1 atom stereocenters. The molecule has 1 aliphatic heterocycles. The van der Waals surface area contributed by atoms with E-state index in [0.29, 0.717) is 24.9 Å². The molecule has 1 aliphatic rings. The third-order valence-electron chi connectivity index (χ3n) is 6.08. The Hall–Kier alpha value is -3.20. The van der Waals surface area contributed by atoms with Crippen LogP contribution in [0.5, 0.6) is 0 Å². The summed E-state index contributed by atoms with van der Waals surface area (Å²) in [5, 5.41) is 20.3. The first-order chi connectivity index (χ1) is 16.0. The molecule has 0 bridgehead atoms. The molecule has 33 heavy (non-hydrogen) atoms. The maximum Gasteiger partial charge on any atom is 0.230 e. The number of amides is 1. The van der Waals surface area contributed by atoms with Gasteiger partial charge in [0.2, 0.25) is 17.8 Å². The molecule has 9 nitrogen and oxygen atoms in total. The van der Waals surface area contributed by atoms with E-state index in [1.54, 1.807) is 4.52 Å². The molecule has 0 unspecified atom stereocenters. The Balaban J connectivity index is 1.64. The van der Waals surface area contributed by atoms with Crippen LogP contribution in [0, 0.1) is 0 Å². The Kier molecular flexibility index (Phi) is 7.08. The van der Waals surface area contributed by atoms with E-state index in [0.717, 1.165) is 48.3 Å². The summed E-state index contributed by atoms with van der Waals surface area (Å²) in [5.74, 6) is 1.52. The number of fused-ring (bicyclic) bond motifs is 1. The Labute approximate surface area is 194 Å². The van der Waals surface area contributed by atoms with Gasteiger partial charge >= 0.3 is 0 Å². The third-order valence-corrected chi connectivity index (χ3v) is 6.08. The predicted molar refractivity (Wildman–Crippen MR) is 130 cm³/mol. The minimum atomic E-state index is -0.0892. The van der Waals surface area contributed by atoms with E-state index in [4.69, 9.17) is 9.97 Å². The van der Waals surface area contributed by atoms with Gasteiger partial charge in [0.25, 0.3) is 0 Å². The van der Waals surface area contributed by atoms with Crippen LogP contribution < -0.4 is 15.5 Å². The van der Waals surface area contributed by atoms with Gasteiger partial charge in [0.1, 0.15) is 0 Å². The maximum absolute atomic E-state index is 11.2. The molecule has 9 heteroatoms. The van der Waals surface area contributed by atoms with Crippen LogP contribution in [-0.2, 0) is 11.3 Å². The molecule has 3 aromatic rings. The summed E-state index contributed by atoms with van der Waals surface area (Å²) in [5.41, 5.74) is 3.72. The van der Waals surface area contributed by atoms with Crippen LogP contribution >= 0.6 is 0 Å². The second kappa shape index (κ2) is 10.2. The van der Waals surface area contributed by atoms with Crippen LogP contribution in [0.25, 0.3) is 5.65 Å². The average molecular weight is 452 g/mol. The highest BCUT2D eigenvalue weighted by Crippen LogP contribution is 2.28. The topological polar surface area (TPSA) is 108 Å². The lowest BCUT2D eigenvalue weighted by molar-refractivity contribution is -0.114. The number of hydrogen-bond acceptors (Lipinski definition) is 7. The van der Waals surface area contributed by atoms with E-state index in [1.807, 2.05) is 30.5 Å². The van der Waals surface area contributed by atoms with Gasteiger partial charge in [0.15, 0.2) is 5.65 Å². The first kappa shape index (κ1) is 23.0. The molecular weight excluding hydrogens is 418 g/mol. The fourth-order valence-electron chi connectivity index (χ4n) is 4.34. The van der Waals surface area contributed by atoms with Gasteiger partial charge in [-0.05, 0) is 49.3 Å². The first-order valence-corrected chi connectivity index (χ1v) is 11.7. The van der Waals surface area contributed by atoms with Crippen LogP contribution in [0.2, 0.25) is 0 Å². The number of aliphatic hydroxyl groups is 1. The van der Waals surface area contributed by atoms with Crippen molar-refractivity contribution in [3.8, 4) is 0 Å². The van der Waals surface area contributed by atoms with Crippen molar-refractivity contribution in [3.63, 3.8) is 0 Å². The highest BCUT2D eigenvalue weighted by molar-refractivity contribution is 5.88. The lowest BCUT2D eigenvalue weighted by atomic mass is 10.0. The number of nitrogens with one attached hydrogen (secondary N) is 2. The van der Waals surface area contributed by atoms with E-state index >= 15 is 0 Å². The minimum absolute atomic E-state index is 0.0892. The molecule has 0 radical (unpaired) electrons. The largest absolute Gasteiger partial charge is 0.396 e. The van der Waals surface area contributed by atoms with Crippen LogP contribution in [0.15, 0.2) is 30.5 Å². The number of carbonyl (C=O) groups is 1. The quantitative estimate of drug-likeness (QED) is 0.481. The number of rotatable bonds is 8. The van der Waals surface area contributed by atoms with Gasteiger partial charge in [0.05, 0.1) is 6.20 Å². The normalized spacial score (nSPS) is 16.4. The molecule has 0 saturated carbocycles. The number of hydrogen-bond donors (Lipinski definition) is 3. The first-order valence-electron chi connectivity index (χ1n) is 11.7. The second-order valence-corrected chi connectivity index (χ2v) is 8.92. The smallest absolute Gasteiger partial charge is 0.230 e. The molecule has 1 amide bonds. The van der Waals surface area contributed by atoms with Crippen molar-refractivity contribution >= 4 is 29.1 Å². The van der Waals surface area contributed by atoms with Crippen molar-refractivity contribution in [1.29, 1.82) is 0 Å². The van der Waals surface area contributed by atoms with Gasteiger partial charge < -0.3 is 20.6 Å². The van der Waals surface area contributed by atoms with Crippen LogP contribution in [0.1, 0.15) is 63.5 Å². The van der Waals surface area contributed by atoms with Crippen molar-refractivity contribution in [2.75, 3.05) is 28.7 Å². The van der Waals surface area contributed by atoms with Crippen molar-refractivity contribution in [3.05, 3.63) is 41.6 Å². The second-order valence-electron chi connectivity index (χ2n) is 8.92. The van der Waals surface area contributed by atoms with E-state index < -0.39 is 0 Å². The van der Waals surface area contributed by atoms with E-state index in [1.165, 1.54) is 6.92 Å². The number of aromatic nitrogens is 4. The third kappa shape index (κ3) is 5.24. The number of benzene rings is 1. The maximum atomic E-state index is 11.2. The van der Waals surface area contributed by atoms with E-state index in [2.05, 4.69) is 34.5 Å². The Morgan fingerprint density at radius 2 is 2.00 bits per heavy atom. The number of piperidine rings is 1. The molecule has 0 spiro atoms. The van der Waals surface area contributed by atoms with Crippen molar-refractivity contribution in [2.24, 2.45) is 0 Å². The summed E-state index contributed by atoms with van der Waals surface area (Å²) in [6.07, 6.45) is 5.87. The number of nitrogens with zero attached hydrogens (tertiary/aromatic N) is 5. The van der Waals surface area contributed by atoms with E-state index in [9.17, 15) is 9.90 Å². The van der Waals surface area contributed by atoms with Crippen LogP contribution in [0.4, 0.5) is 17.6 Å². The summed E-state index contributed by atoms with van der Waals surface area (Å²) in [6, 6.07) is 7.96. The highest BCUT2D eigenvalue weighted by Gasteiger charge is 2.26. The summed E-state index contributed by atoms with van der Waals surface area (Å²) in [6.45, 7) is 7.37. The fourth-order valence-corrected chi connectivity index (χ4v) is 4.34. The van der Waals surface area contributed by atoms with Gasteiger partial charge in [-0.15, -0.1) is 0 Å². The molecule has 176 valence electrons. The molecule has 1 saturated heterocycles. The minimum Gasteiger partial charge on any atom is -0.396 e. The van der Waals surface area contributed by atoms with Crippen molar-refractivity contribution < 1.29 is 9.90 Å². The van der Waals surface area contributed by atoms with Gasteiger partial charge in [-0.2, -0.15) is 19.6 Å². The van der Waals surface area contributed by atoms with Crippen LogP contribution in [0.3, 0.4) is 0 Å². The Morgan fingerprint density at radius 3 is 2.70 bits per heavy atom. The van der Waals surface area contributed by atoms with Gasteiger partial charge in [-0.3, -0.25) is 4.79 Å². The summed E-state index contributed by atoms with van der Waals surface area (Å²) in [4.78, 5) is 23.3. The zero-order chi connectivity index (χ0) is 23.4. The molecular formula is C24H33N7O2. The number of aliphatic hydroxyl groups excluding tert-OH is 1. The number of carbonyl (C=O) groups excluding carboxylic acids is 1. The van der Waals surface area contributed by atoms with Crippen LogP contribution in [-0.4, -0.2) is 49.8 Å². The van der Waals surface area contributed by atoms with E-state index in [-0.39, 0.29) is 24.5 Å². The molecule has 4 rings (SSSR count).